The molecule has 0 bridgehead atoms. The fraction of sp³-hybridized carbons (Fsp3) is 0.364. The zero-order valence-electron chi connectivity index (χ0n) is 17.8. The van der Waals surface area contributed by atoms with Crippen LogP contribution in [0.4, 0.5) is 0 Å². The molecule has 1 fully saturated rings. The van der Waals surface area contributed by atoms with Crippen molar-refractivity contribution in [2.45, 2.75) is 37.4 Å². The number of likely N-dealkylation sites (tertiary alicyclic amines) is 1. The summed E-state index contributed by atoms with van der Waals surface area (Å²) in [6.45, 7) is 3.21. The first-order chi connectivity index (χ1) is 15.6. The zero-order valence-corrected chi connectivity index (χ0v) is 21.0. The fourth-order valence-electron chi connectivity index (χ4n) is 4.08. The molecule has 1 aliphatic rings. The Balaban J connectivity index is 1.77. The molecule has 1 unspecified atom stereocenters. The van der Waals surface area contributed by atoms with E-state index in [4.69, 9.17) is 11.6 Å². The number of aromatic amines is 1. The standard InChI is InChI=1S/C22H23BrClN3O5S/c1-2-33(31,32)20-4-3-15(24)7-14(20)11-27-21(29)17-9-18(23)13(8-19(17)25-22(27)30)10-26-6-5-16(28)12-26/h3-4,7-9,16,28H,2,5-6,10-12H2,1H3,(H,25,30). The maximum absolute atomic E-state index is 13.2. The third-order valence-corrected chi connectivity index (χ3v) is 8.66. The number of H-pyrrole nitrogens is 1. The van der Waals surface area contributed by atoms with Crippen LogP contribution < -0.4 is 11.2 Å². The molecule has 0 aliphatic carbocycles. The summed E-state index contributed by atoms with van der Waals surface area (Å²) < 4.78 is 26.7. The van der Waals surface area contributed by atoms with Crippen LogP contribution in [-0.4, -0.2) is 52.9 Å². The van der Waals surface area contributed by atoms with Crippen LogP contribution in [0.2, 0.25) is 5.02 Å². The summed E-state index contributed by atoms with van der Waals surface area (Å²) in [7, 11) is -3.58. The Morgan fingerprint density at radius 3 is 2.61 bits per heavy atom. The van der Waals surface area contributed by atoms with Crippen molar-refractivity contribution in [3.8, 4) is 0 Å². The summed E-state index contributed by atoms with van der Waals surface area (Å²) in [5.74, 6) is -0.117. The van der Waals surface area contributed by atoms with Crippen molar-refractivity contribution in [2.75, 3.05) is 18.8 Å². The monoisotopic (exact) mass is 555 g/mol. The van der Waals surface area contributed by atoms with Crippen LogP contribution in [0.3, 0.4) is 0 Å². The SMILES string of the molecule is CCS(=O)(=O)c1ccc(Cl)cc1Cn1c(=O)[nH]c2cc(CN3CCC(O)C3)c(Br)cc2c1=O. The minimum absolute atomic E-state index is 0.0464. The summed E-state index contributed by atoms with van der Waals surface area (Å²) in [6, 6.07) is 7.74. The van der Waals surface area contributed by atoms with Crippen LogP contribution in [0.25, 0.3) is 10.9 Å². The minimum atomic E-state index is -3.58. The molecule has 176 valence electrons. The van der Waals surface area contributed by atoms with E-state index in [2.05, 4.69) is 25.8 Å². The number of aliphatic hydroxyl groups excluding tert-OH is 1. The lowest BCUT2D eigenvalue weighted by Gasteiger charge is -2.17. The predicted octanol–water partition coefficient (Wildman–Crippen LogP) is 2.51. The van der Waals surface area contributed by atoms with Crippen molar-refractivity contribution in [1.29, 1.82) is 0 Å². The maximum Gasteiger partial charge on any atom is 0.329 e. The molecule has 3 aromatic rings. The maximum atomic E-state index is 13.2. The lowest BCUT2D eigenvalue weighted by molar-refractivity contribution is 0.174. The molecule has 4 rings (SSSR count). The number of hydrogen-bond donors (Lipinski definition) is 2. The first-order valence-corrected chi connectivity index (χ1v) is 13.3. The summed E-state index contributed by atoms with van der Waals surface area (Å²) in [4.78, 5) is 30.9. The Bertz CT molecular complexity index is 1450. The van der Waals surface area contributed by atoms with Crippen molar-refractivity contribution in [3.05, 3.63) is 71.8 Å². The quantitative estimate of drug-likeness (QED) is 0.483. The van der Waals surface area contributed by atoms with Crippen molar-refractivity contribution in [2.24, 2.45) is 0 Å². The number of rotatable bonds is 6. The van der Waals surface area contributed by atoms with Crippen LogP contribution in [-0.2, 0) is 22.9 Å². The van der Waals surface area contributed by atoms with Gasteiger partial charge < -0.3 is 10.1 Å². The van der Waals surface area contributed by atoms with E-state index >= 15 is 0 Å². The van der Waals surface area contributed by atoms with Crippen LogP contribution >= 0.6 is 27.5 Å². The number of nitrogens with one attached hydrogen (secondary N) is 1. The van der Waals surface area contributed by atoms with Crippen LogP contribution in [0.5, 0.6) is 0 Å². The fourth-order valence-corrected chi connectivity index (χ4v) is 5.85. The van der Waals surface area contributed by atoms with Gasteiger partial charge in [-0.2, -0.15) is 0 Å². The molecule has 2 aromatic carbocycles. The molecule has 2 heterocycles. The molecule has 1 aromatic heterocycles. The van der Waals surface area contributed by atoms with Gasteiger partial charge in [0.25, 0.3) is 5.56 Å². The molecular formula is C22H23BrClN3O5S. The highest BCUT2D eigenvalue weighted by Gasteiger charge is 2.22. The predicted molar refractivity (Wildman–Crippen MR) is 131 cm³/mol. The summed E-state index contributed by atoms with van der Waals surface area (Å²) >= 11 is 9.59. The number of hydrogen-bond acceptors (Lipinski definition) is 6. The van der Waals surface area contributed by atoms with Gasteiger partial charge in [-0.3, -0.25) is 14.3 Å². The van der Waals surface area contributed by atoms with E-state index in [0.29, 0.717) is 39.9 Å². The molecule has 0 spiro atoms. The second-order valence-electron chi connectivity index (χ2n) is 8.14. The molecule has 11 heteroatoms. The van der Waals surface area contributed by atoms with Gasteiger partial charge in [-0.15, -0.1) is 0 Å². The van der Waals surface area contributed by atoms with E-state index in [1.165, 1.54) is 25.1 Å². The molecule has 0 amide bonds. The number of nitrogens with zero attached hydrogens (tertiary/aromatic N) is 2. The summed E-state index contributed by atoms with van der Waals surface area (Å²) in [5.41, 5.74) is 0.386. The van der Waals surface area contributed by atoms with Crippen LogP contribution in [0.15, 0.2) is 49.3 Å². The van der Waals surface area contributed by atoms with Crippen molar-refractivity contribution in [3.63, 3.8) is 0 Å². The average Bonchev–Trinajstić information content (AvgIpc) is 3.17. The Kier molecular flexibility index (Phi) is 6.84. The molecule has 33 heavy (non-hydrogen) atoms. The Morgan fingerprint density at radius 1 is 1.18 bits per heavy atom. The van der Waals surface area contributed by atoms with E-state index in [0.717, 1.165) is 16.7 Å². The number of benzene rings is 2. The lowest BCUT2D eigenvalue weighted by atomic mass is 10.1. The number of aromatic nitrogens is 2. The summed E-state index contributed by atoms with van der Waals surface area (Å²) in [5, 5.41) is 10.4. The first-order valence-electron chi connectivity index (χ1n) is 10.5. The molecule has 1 saturated heterocycles. The molecule has 1 atom stereocenters. The Hall–Kier alpha value is -1.98. The van der Waals surface area contributed by atoms with Gasteiger partial charge in [0.2, 0.25) is 0 Å². The number of aliphatic hydroxyl groups is 1. The van der Waals surface area contributed by atoms with Gasteiger partial charge >= 0.3 is 5.69 Å². The Labute approximate surface area is 203 Å². The van der Waals surface area contributed by atoms with E-state index in [1.807, 2.05) is 0 Å². The van der Waals surface area contributed by atoms with Gasteiger partial charge in [0, 0.05) is 29.1 Å². The van der Waals surface area contributed by atoms with E-state index in [-0.39, 0.29) is 28.9 Å². The summed E-state index contributed by atoms with van der Waals surface area (Å²) in [6.07, 6.45) is 0.371. The van der Waals surface area contributed by atoms with Crippen LogP contribution in [0, 0.1) is 0 Å². The third-order valence-electron chi connectivity index (χ3n) is 5.86. The average molecular weight is 557 g/mol. The lowest BCUT2D eigenvalue weighted by Crippen LogP contribution is -2.35. The molecule has 8 nitrogen and oxygen atoms in total. The normalized spacial score (nSPS) is 17.2. The number of fused-ring (bicyclic) bond motifs is 1. The zero-order chi connectivity index (χ0) is 23.9. The van der Waals surface area contributed by atoms with Crippen molar-refractivity contribution < 1.29 is 13.5 Å². The second kappa shape index (κ2) is 9.34. The number of halogens is 2. The largest absolute Gasteiger partial charge is 0.392 e. The van der Waals surface area contributed by atoms with Crippen molar-refractivity contribution >= 4 is 48.3 Å². The highest BCUT2D eigenvalue weighted by Crippen LogP contribution is 2.25. The van der Waals surface area contributed by atoms with Gasteiger partial charge in [0.1, 0.15) is 0 Å². The van der Waals surface area contributed by atoms with Crippen LogP contribution in [0.1, 0.15) is 24.5 Å². The van der Waals surface area contributed by atoms with Gasteiger partial charge in [0.15, 0.2) is 9.84 Å². The van der Waals surface area contributed by atoms with Gasteiger partial charge in [-0.25, -0.2) is 13.2 Å². The smallest absolute Gasteiger partial charge is 0.329 e. The highest BCUT2D eigenvalue weighted by molar-refractivity contribution is 9.10. The minimum Gasteiger partial charge on any atom is -0.392 e. The highest BCUT2D eigenvalue weighted by atomic mass is 79.9. The van der Waals surface area contributed by atoms with Gasteiger partial charge in [-0.1, -0.05) is 34.5 Å². The van der Waals surface area contributed by atoms with Crippen molar-refractivity contribution in [1.82, 2.24) is 14.5 Å². The molecule has 0 saturated carbocycles. The van der Waals surface area contributed by atoms with Gasteiger partial charge in [-0.05, 0) is 47.9 Å². The topological polar surface area (TPSA) is 112 Å². The molecular weight excluding hydrogens is 534 g/mol. The van der Waals surface area contributed by atoms with E-state index < -0.39 is 21.1 Å². The van der Waals surface area contributed by atoms with Gasteiger partial charge in [0.05, 0.1) is 34.2 Å². The first kappa shape index (κ1) is 24.2. The molecule has 0 radical (unpaired) electrons. The third kappa shape index (κ3) is 4.95. The Morgan fingerprint density at radius 2 is 1.94 bits per heavy atom. The van der Waals surface area contributed by atoms with E-state index in [1.54, 1.807) is 12.1 Å². The number of β-amino-alcohol motifs (C(OH)–C–C–N with tert-alkyl or cyclic N) is 1. The number of sulfone groups is 1. The molecule has 2 N–H and O–H groups in total. The van der Waals surface area contributed by atoms with E-state index in [9.17, 15) is 23.1 Å². The second-order valence-corrected chi connectivity index (χ2v) is 11.7. The molecule has 1 aliphatic heterocycles.